The number of carboxylic acid groups (broad SMARTS) is 1. The summed E-state index contributed by atoms with van der Waals surface area (Å²) in [6, 6.07) is 3.93. The second-order valence-electron chi connectivity index (χ2n) is 3.10. The highest BCUT2D eigenvalue weighted by Gasteiger charge is 2.10. The number of hydrogen-bond donors (Lipinski definition) is 2. The Kier molecular flexibility index (Phi) is 2.82. The Labute approximate surface area is 90.6 Å². The van der Waals surface area contributed by atoms with Crippen LogP contribution >= 0.6 is 11.3 Å². The summed E-state index contributed by atoms with van der Waals surface area (Å²) in [5, 5.41) is 10.6. The summed E-state index contributed by atoms with van der Waals surface area (Å²) >= 11 is 1.60. The molecule has 0 unspecified atom stereocenters. The monoisotopic (exact) mass is 222 g/mol. The molecule has 0 radical (unpaired) electrons. The number of nitrogens with one attached hydrogen (secondary N) is 1. The van der Waals surface area contributed by atoms with Gasteiger partial charge in [0.25, 0.3) is 0 Å². The van der Waals surface area contributed by atoms with Crippen LogP contribution in [0.4, 0.5) is 0 Å². The molecule has 2 aromatic heterocycles. The lowest BCUT2D eigenvalue weighted by atomic mass is 10.2. The average Bonchev–Trinajstić information content (AvgIpc) is 2.85. The summed E-state index contributed by atoms with van der Waals surface area (Å²) in [5.41, 5.74) is 1.76. The van der Waals surface area contributed by atoms with Crippen LogP contribution in [0, 0.1) is 0 Å². The molecule has 0 aliphatic rings. The molecule has 2 heterocycles. The Morgan fingerprint density at radius 3 is 3.13 bits per heavy atom. The zero-order chi connectivity index (χ0) is 10.7. The van der Waals surface area contributed by atoms with Crippen LogP contribution in [0.3, 0.4) is 0 Å². The van der Waals surface area contributed by atoms with Gasteiger partial charge in [0.15, 0.2) is 0 Å². The van der Waals surface area contributed by atoms with Crippen molar-refractivity contribution in [1.29, 1.82) is 0 Å². The predicted molar refractivity (Wildman–Crippen MR) is 57.9 cm³/mol. The van der Waals surface area contributed by atoms with E-state index in [-0.39, 0.29) is 6.42 Å². The first kappa shape index (κ1) is 9.92. The van der Waals surface area contributed by atoms with E-state index in [2.05, 4.69) is 9.97 Å². The second kappa shape index (κ2) is 4.27. The molecule has 0 aliphatic heterocycles. The molecule has 0 saturated carbocycles. The number of imidazole rings is 1. The summed E-state index contributed by atoms with van der Waals surface area (Å²) < 4.78 is 0. The number of nitrogens with zero attached hydrogens (tertiary/aromatic N) is 1. The van der Waals surface area contributed by atoms with Crippen molar-refractivity contribution < 1.29 is 9.90 Å². The van der Waals surface area contributed by atoms with E-state index in [0.717, 1.165) is 16.3 Å². The minimum absolute atomic E-state index is 0.126. The molecule has 0 amide bonds. The highest BCUT2D eigenvalue weighted by molar-refractivity contribution is 7.13. The van der Waals surface area contributed by atoms with Gasteiger partial charge in [-0.25, -0.2) is 4.98 Å². The fourth-order valence-electron chi connectivity index (χ4n) is 1.37. The minimum Gasteiger partial charge on any atom is -0.481 e. The molecular formula is C10H10N2O2S. The Morgan fingerprint density at radius 1 is 1.60 bits per heavy atom. The lowest BCUT2D eigenvalue weighted by Crippen LogP contribution is -1.98. The van der Waals surface area contributed by atoms with Crippen molar-refractivity contribution in [3.8, 4) is 10.6 Å². The van der Waals surface area contributed by atoms with E-state index in [1.807, 2.05) is 17.5 Å². The van der Waals surface area contributed by atoms with Crippen LogP contribution in [0.25, 0.3) is 10.6 Å². The molecule has 0 spiro atoms. The zero-order valence-electron chi connectivity index (χ0n) is 7.93. The van der Waals surface area contributed by atoms with E-state index in [0.29, 0.717) is 6.42 Å². The third kappa shape index (κ3) is 2.24. The van der Waals surface area contributed by atoms with Gasteiger partial charge in [-0.15, -0.1) is 11.3 Å². The lowest BCUT2D eigenvalue weighted by Gasteiger charge is -1.97. The third-order valence-corrected chi connectivity index (χ3v) is 2.94. The summed E-state index contributed by atoms with van der Waals surface area (Å²) in [6.07, 6.45) is 2.22. The number of aromatic amines is 1. The number of aliphatic carboxylic acids is 1. The van der Waals surface area contributed by atoms with Crippen molar-refractivity contribution >= 4 is 17.3 Å². The van der Waals surface area contributed by atoms with Gasteiger partial charge in [0.05, 0.1) is 17.6 Å². The maximum atomic E-state index is 10.5. The molecule has 0 saturated heterocycles. The smallest absolute Gasteiger partial charge is 0.303 e. The molecule has 0 aromatic carbocycles. The van der Waals surface area contributed by atoms with Gasteiger partial charge in [-0.2, -0.15) is 0 Å². The van der Waals surface area contributed by atoms with Crippen LogP contribution in [-0.4, -0.2) is 21.0 Å². The molecule has 0 atom stereocenters. The summed E-state index contributed by atoms with van der Waals surface area (Å²) in [5.74, 6) is -0.790. The summed E-state index contributed by atoms with van der Waals surface area (Å²) in [4.78, 5) is 18.7. The first-order chi connectivity index (χ1) is 7.27. The Bertz CT molecular complexity index is 448. The first-order valence-corrected chi connectivity index (χ1v) is 5.43. The van der Waals surface area contributed by atoms with Crippen molar-refractivity contribution in [3.05, 3.63) is 29.5 Å². The van der Waals surface area contributed by atoms with Crippen molar-refractivity contribution in [3.63, 3.8) is 0 Å². The third-order valence-electron chi connectivity index (χ3n) is 2.06. The SMILES string of the molecule is O=C(O)CCc1[nH]cnc1-c1cccs1. The highest BCUT2D eigenvalue weighted by atomic mass is 32.1. The average molecular weight is 222 g/mol. The Morgan fingerprint density at radius 2 is 2.47 bits per heavy atom. The van der Waals surface area contributed by atoms with Gasteiger partial charge < -0.3 is 10.1 Å². The minimum atomic E-state index is -0.790. The molecule has 0 aliphatic carbocycles. The number of carboxylic acids is 1. The van der Waals surface area contributed by atoms with Crippen molar-refractivity contribution in [2.75, 3.05) is 0 Å². The Hall–Kier alpha value is -1.62. The van der Waals surface area contributed by atoms with Crippen LogP contribution in [0.5, 0.6) is 0 Å². The summed E-state index contributed by atoms with van der Waals surface area (Å²) in [7, 11) is 0. The van der Waals surface area contributed by atoms with E-state index < -0.39 is 5.97 Å². The van der Waals surface area contributed by atoms with E-state index in [1.165, 1.54) is 0 Å². The largest absolute Gasteiger partial charge is 0.481 e. The molecule has 15 heavy (non-hydrogen) atoms. The molecule has 5 heteroatoms. The number of thiophene rings is 1. The van der Waals surface area contributed by atoms with Gasteiger partial charge in [-0.05, 0) is 11.4 Å². The Balaban J connectivity index is 2.19. The second-order valence-corrected chi connectivity index (χ2v) is 4.05. The predicted octanol–water partition coefficient (Wildman–Crippen LogP) is 2.16. The lowest BCUT2D eigenvalue weighted by molar-refractivity contribution is -0.136. The van der Waals surface area contributed by atoms with Crippen LogP contribution in [0.15, 0.2) is 23.8 Å². The molecule has 0 fully saturated rings. The quantitative estimate of drug-likeness (QED) is 0.833. The molecule has 0 bridgehead atoms. The van der Waals surface area contributed by atoms with Crippen LogP contribution in [0.1, 0.15) is 12.1 Å². The van der Waals surface area contributed by atoms with Crippen LogP contribution < -0.4 is 0 Å². The van der Waals surface area contributed by atoms with Gasteiger partial charge in [-0.3, -0.25) is 4.79 Å². The molecule has 2 rings (SSSR count). The van der Waals surface area contributed by atoms with E-state index >= 15 is 0 Å². The topological polar surface area (TPSA) is 66.0 Å². The van der Waals surface area contributed by atoms with Crippen LogP contribution in [0.2, 0.25) is 0 Å². The van der Waals surface area contributed by atoms with Gasteiger partial charge in [0, 0.05) is 12.1 Å². The van der Waals surface area contributed by atoms with Gasteiger partial charge >= 0.3 is 5.97 Å². The van der Waals surface area contributed by atoms with Gasteiger partial charge in [0.2, 0.25) is 0 Å². The van der Waals surface area contributed by atoms with E-state index in [9.17, 15) is 4.79 Å². The molecule has 4 nitrogen and oxygen atoms in total. The standard InChI is InChI=1S/C10H10N2O2S/c13-9(14)4-3-7-10(12-6-11-7)8-2-1-5-15-8/h1-2,5-6H,3-4H2,(H,11,12)(H,13,14). The van der Waals surface area contributed by atoms with E-state index in [4.69, 9.17) is 5.11 Å². The molecular weight excluding hydrogens is 212 g/mol. The first-order valence-electron chi connectivity index (χ1n) is 4.55. The normalized spacial score (nSPS) is 10.4. The van der Waals surface area contributed by atoms with E-state index in [1.54, 1.807) is 17.7 Å². The van der Waals surface area contributed by atoms with Gasteiger partial charge in [0.1, 0.15) is 5.69 Å². The fourth-order valence-corrected chi connectivity index (χ4v) is 2.12. The maximum Gasteiger partial charge on any atom is 0.303 e. The molecule has 2 N–H and O–H groups in total. The van der Waals surface area contributed by atoms with Gasteiger partial charge in [-0.1, -0.05) is 6.07 Å². The van der Waals surface area contributed by atoms with Crippen molar-refractivity contribution in [2.45, 2.75) is 12.8 Å². The van der Waals surface area contributed by atoms with Crippen molar-refractivity contribution in [1.82, 2.24) is 9.97 Å². The molecule has 78 valence electrons. The van der Waals surface area contributed by atoms with Crippen LogP contribution in [-0.2, 0) is 11.2 Å². The maximum absolute atomic E-state index is 10.5. The number of carbonyl (C=O) groups is 1. The number of H-pyrrole nitrogens is 1. The number of rotatable bonds is 4. The highest BCUT2D eigenvalue weighted by Crippen LogP contribution is 2.25. The van der Waals surface area contributed by atoms with Crippen molar-refractivity contribution in [2.24, 2.45) is 0 Å². The number of aryl methyl sites for hydroxylation is 1. The zero-order valence-corrected chi connectivity index (χ0v) is 8.75. The fraction of sp³-hybridized carbons (Fsp3) is 0.200. The summed E-state index contributed by atoms with van der Waals surface area (Å²) in [6.45, 7) is 0. The molecule has 2 aromatic rings. The number of aromatic nitrogens is 2. The number of hydrogen-bond acceptors (Lipinski definition) is 3.